The van der Waals surface area contributed by atoms with Crippen LogP contribution >= 0.6 is 0 Å². The first-order valence-corrected chi connectivity index (χ1v) is 17.6. The first-order chi connectivity index (χ1) is 19.9. The van der Waals surface area contributed by atoms with E-state index in [1.807, 2.05) is 6.92 Å². The molecule has 0 aliphatic heterocycles. The number of amides is 1. The van der Waals surface area contributed by atoms with E-state index in [-0.39, 0.29) is 57.5 Å². The Hall–Kier alpha value is -1.59. The highest BCUT2D eigenvalue weighted by atomic mass is 16.5. The van der Waals surface area contributed by atoms with Crippen LogP contribution in [0.15, 0.2) is 0 Å². The first kappa shape index (κ1) is 32.8. The molecule has 0 aromatic carbocycles. The molecule has 6 heteroatoms. The highest BCUT2D eigenvalue weighted by molar-refractivity contribution is 5.87. The summed E-state index contributed by atoms with van der Waals surface area (Å²) in [6, 6.07) is 0. The van der Waals surface area contributed by atoms with Crippen molar-refractivity contribution in [3.05, 3.63) is 0 Å². The minimum atomic E-state index is -0.970. The lowest BCUT2D eigenvalue weighted by molar-refractivity contribution is -0.254. The molecule has 5 saturated carbocycles. The number of nitrogens with one attached hydrogen (secondary N) is 1. The van der Waals surface area contributed by atoms with Crippen molar-refractivity contribution in [1.82, 2.24) is 5.32 Å². The molecule has 0 aromatic heterocycles. The topological polar surface area (TPSA) is 92.7 Å². The maximum atomic E-state index is 14.0. The van der Waals surface area contributed by atoms with E-state index < -0.39 is 11.4 Å². The van der Waals surface area contributed by atoms with Gasteiger partial charge >= 0.3 is 11.9 Å². The maximum Gasteiger partial charge on any atom is 0.322 e. The van der Waals surface area contributed by atoms with Crippen molar-refractivity contribution in [3.8, 4) is 0 Å². The molecule has 244 valence electrons. The number of carbonyl (C=O) groups excluding carboxylic acids is 2. The molecule has 7 unspecified atom stereocenters. The van der Waals surface area contributed by atoms with E-state index >= 15 is 0 Å². The Morgan fingerprint density at radius 2 is 1.51 bits per heavy atom. The van der Waals surface area contributed by atoms with Gasteiger partial charge in [0, 0.05) is 11.8 Å². The molecule has 5 aliphatic carbocycles. The Morgan fingerprint density at radius 3 is 2.14 bits per heavy atom. The normalized spacial score (nSPS) is 46.6. The molecule has 0 radical (unpaired) electrons. The summed E-state index contributed by atoms with van der Waals surface area (Å²) in [5.74, 6) is 1.28. The zero-order valence-corrected chi connectivity index (χ0v) is 28.7. The molecule has 2 N–H and O–H groups in total. The van der Waals surface area contributed by atoms with Gasteiger partial charge in [0.15, 0.2) is 0 Å². The lowest BCUT2D eigenvalue weighted by Crippen LogP contribution is -2.68. The van der Waals surface area contributed by atoms with Crippen molar-refractivity contribution in [2.75, 3.05) is 6.54 Å². The number of aliphatic carboxylic acids is 1. The van der Waals surface area contributed by atoms with E-state index in [0.29, 0.717) is 30.1 Å². The lowest BCUT2D eigenvalue weighted by atomic mass is 9.31. The summed E-state index contributed by atoms with van der Waals surface area (Å²) in [6.45, 7) is 21.4. The number of carboxylic acid groups (broad SMARTS) is 1. The van der Waals surface area contributed by atoms with Crippen LogP contribution in [0.25, 0.3) is 0 Å². The van der Waals surface area contributed by atoms with Crippen LogP contribution in [0.2, 0.25) is 0 Å². The molecule has 5 rings (SSSR count). The van der Waals surface area contributed by atoms with Gasteiger partial charge in [-0.15, -0.1) is 0 Å². The fourth-order valence-corrected chi connectivity index (χ4v) is 13.0. The zero-order chi connectivity index (χ0) is 31.8. The van der Waals surface area contributed by atoms with Crippen molar-refractivity contribution >= 4 is 17.8 Å². The number of esters is 1. The Balaban J connectivity index is 1.49. The molecule has 0 heterocycles. The van der Waals surface area contributed by atoms with Gasteiger partial charge in [-0.25, -0.2) is 0 Å². The van der Waals surface area contributed by atoms with Crippen molar-refractivity contribution in [1.29, 1.82) is 0 Å². The second kappa shape index (κ2) is 10.7. The lowest BCUT2D eigenvalue weighted by Gasteiger charge is -2.73. The quantitative estimate of drug-likeness (QED) is 0.289. The minimum absolute atomic E-state index is 0.00744. The van der Waals surface area contributed by atoms with Crippen molar-refractivity contribution in [2.24, 2.45) is 62.1 Å². The van der Waals surface area contributed by atoms with Gasteiger partial charge in [-0.2, -0.15) is 0 Å². The van der Waals surface area contributed by atoms with Crippen LogP contribution in [0.4, 0.5) is 0 Å². The molecule has 5 aliphatic rings. The van der Waals surface area contributed by atoms with Gasteiger partial charge in [-0.05, 0) is 122 Å². The van der Waals surface area contributed by atoms with E-state index in [1.165, 1.54) is 12.8 Å². The number of hydrogen-bond donors (Lipinski definition) is 2. The molecule has 10 atom stereocenters. The zero-order valence-electron chi connectivity index (χ0n) is 28.7. The van der Waals surface area contributed by atoms with Crippen LogP contribution in [0.5, 0.6) is 0 Å². The van der Waals surface area contributed by atoms with E-state index in [0.717, 1.165) is 57.8 Å². The number of carboxylic acids is 1. The third kappa shape index (κ3) is 4.55. The summed E-state index contributed by atoms with van der Waals surface area (Å²) in [7, 11) is 0. The van der Waals surface area contributed by atoms with Crippen LogP contribution in [0.3, 0.4) is 0 Å². The van der Waals surface area contributed by atoms with Crippen molar-refractivity contribution < 1.29 is 24.2 Å². The highest BCUT2D eigenvalue weighted by Crippen LogP contribution is 2.79. The van der Waals surface area contributed by atoms with Gasteiger partial charge in [0.25, 0.3) is 0 Å². The van der Waals surface area contributed by atoms with E-state index in [9.17, 15) is 19.5 Å². The fraction of sp³-hybridized carbons (Fsp3) is 0.919. The SMILES string of the molecule is CCCC(=O)OC1CC[C@@]2(C)C(CC[C@]3(C)C2CCC2C4C(C(=O)NCC(=O)O)(CCC4(C)C(C)C)CC[C@]23C)C1(C)C. The van der Waals surface area contributed by atoms with Crippen LogP contribution < -0.4 is 5.32 Å². The Morgan fingerprint density at radius 1 is 0.837 bits per heavy atom. The van der Waals surface area contributed by atoms with Crippen LogP contribution in [-0.4, -0.2) is 35.6 Å². The second-order valence-corrected chi connectivity index (χ2v) is 17.6. The highest BCUT2D eigenvalue weighted by Gasteiger charge is 2.73. The molecular formula is C37H61NO5. The molecule has 5 fully saturated rings. The summed E-state index contributed by atoms with van der Waals surface area (Å²) < 4.78 is 6.16. The number of fused-ring (bicyclic) bond motifs is 7. The number of rotatable bonds is 7. The second-order valence-electron chi connectivity index (χ2n) is 17.6. The third-order valence-corrected chi connectivity index (χ3v) is 15.7. The van der Waals surface area contributed by atoms with E-state index in [4.69, 9.17) is 4.74 Å². The number of carbonyl (C=O) groups is 3. The van der Waals surface area contributed by atoms with Gasteiger partial charge < -0.3 is 15.2 Å². The number of ether oxygens (including phenoxy) is 1. The summed E-state index contributed by atoms with van der Waals surface area (Å²) in [5, 5.41) is 12.2. The van der Waals surface area contributed by atoms with Gasteiger partial charge in [-0.1, -0.05) is 62.3 Å². The smallest absolute Gasteiger partial charge is 0.322 e. The summed E-state index contributed by atoms with van der Waals surface area (Å²) in [5.41, 5.74) is 0.0298. The standard InChI is InChI=1S/C37H61NO5/c1-10-11-29(41)43-27-15-16-34(7)25(32(27,4)5)14-17-36(9)26(34)13-12-24-30-33(6,23(2)3)18-20-37(30,21-19-35(24,36)8)31(42)38-22-28(39)40/h23-27,30H,10-22H2,1-9H3,(H,38,42)(H,39,40)/t24?,25?,26?,27?,30?,33?,34-,35+,36+,37?/m0/s1. The Labute approximate surface area is 261 Å². The van der Waals surface area contributed by atoms with Crippen molar-refractivity contribution in [3.63, 3.8) is 0 Å². The fourth-order valence-electron chi connectivity index (χ4n) is 13.0. The first-order valence-electron chi connectivity index (χ1n) is 17.6. The molecule has 0 aromatic rings. The predicted molar refractivity (Wildman–Crippen MR) is 169 cm³/mol. The average Bonchev–Trinajstić information content (AvgIpc) is 3.24. The monoisotopic (exact) mass is 599 g/mol. The molecule has 1 amide bonds. The molecule has 6 nitrogen and oxygen atoms in total. The van der Waals surface area contributed by atoms with E-state index in [1.54, 1.807) is 0 Å². The van der Waals surface area contributed by atoms with Gasteiger partial charge in [0.2, 0.25) is 5.91 Å². The number of hydrogen-bond acceptors (Lipinski definition) is 4. The summed E-state index contributed by atoms with van der Waals surface area (Å²) >= 11 is 0. The molecule has 0 bridgehead atoms. The minimum Gasteiger partial charge on any atom is -0.480 e. The molecule has 0 saturated heterocycles. The van der Waals surface area contributed by atoms with Crippen LogP contribution in [-0.2, 0) is 19.1 Å². The molecular weight excluding hydrogens is 538 g/mol. The Bertz CT molecular complexity index is 1130. The third-order valence-electron chi connectivity index (χ3n) is 15.7. The largest absolute Gasteiger partial charge is 0.480 e. The van der Waals surface area contributed by atoms with E-state index in [2.05, 4.69) is 60.7 Å². The van der Waals surface area contributed by atoms with Crippen LogP contribution in [0.1, 0.15) is 139 Å². The van der Waals surface area contributed by atoms with Gasteiger partial charge in [0.05, 0.1) is 5.41 Å². The average molecular weight is 600 g/mol. The summed E-state index contributed by atoms with van der Waals surface area (Å²) in [4.78, 5) is 38.0. The summed E-state index contributed by atoms with van der Waals surface area (Å²) in [6.07, 6.45) is 11.9. The van der Waals surface area contributed by atoms with Crippen LogP contribution in [0, 0.1) is 62.1 Å². The van der Waals surface area contributed by atoms with Gasteiger partial charge in [-0.3, -0.25) is 14.4 Å². The van der Waals surface area contributed by atoms with Crippen molar-refractivity contribution in [2.45, 2.75) is 145 Å². The maximum absolute atomic E-state index is 14.0. The molecule has 0 spiro atoms. The van der Waals surface area contributed by atoms with Gasteiger partial charge in [0.1, 0.15) is 12.6 Å². The molecule has 43 heavy (non-hydrogen) atoms. The Kier molecular flexibility index (Phi) is 8.20. The predicted octanol–water partition coefficient (Wildman–Crippen LogP) is 8.03.